The van der Waals surface area contributed by atoms with Crippen molar-refractivity contribution < 1.29 is 9.63 Å². The molecule has 6 heteroatoms. The first-order chi connectivity index (χ1) is 13.0. The van der Waals surface area contributed by atoms with E-state index in [9.17, 15) is 5.11 Å². The van der Waals surface area contributed by atoms with Crippen molar-refractivity contribution in [2.24, 2.45) is 0 Å². The number of hydrogen-bond donors (Lipinski definition) is 1. The van der Waals surface area contributed by atoms with Crippen LogP contribution in [0.5, 0.6) is 0 Å². The number of pyridine rings is 1. The molecular weight excluding hydrogens is 340 g/mol. The van der Waals surface area contributed by atoms with Gasteiger partial charge in [0.2, 0.25) is 0 Å². The Hall–Kier alpha value is -2.73. The monoisotopic (exact) mass is 364 g/mol. The topological polar surface area (TPSA) is 75.3 Å². The molecule has 1 aliphatic rings. The number of nitrogens with zero attached hydrogens (tertiary/aromatic N) is 4. The van der Waals surface area contributed by atoms with E-state index in [4.69, 9.17) is 4.52 Å². The second-order valence-corrected chi connectivity index (χ2v) is 7.54. The summed E-state index contributed by atoms with van der Waals surface area (Å²) >= 11 is 0. The van der Waals surface area contributed by atoms with Crippen molar-refractivity contribution in [2.45, 2.75) is 38.7 Å². The van der Waals surface area contributed by atoms with Gasteiger partial charge in [-0.15, -0.1) is 0 Å². The van der Waals surface area contributed by atoms with Crippen molar-refractivity contribution >= 4 is 5.82 Å². The third-order valence-electron chi connectivity index (χ3n) is 5.17. The van der Waals surface area contributed by atoms with Gasteiger partial charge in [0, 0.05) is 18.7 Å². The van der Waals surface area contributed by atoms with E-state index in [2.05, 4.69) is 20.0 Å². The van der Waals surface area contributed by atoms with Gasteiger partial charge in [-0.25, -0.2) is 4.98 Å². The lowest BCUT2D eigenvalue weighted by molar-refractivity contribution is 0.0600. The van der Waals surface area contributed by atoms with Crippen LogP contribution in [0.15, 0.2) is 47.1 Å². The lowest BCUT2D eigenvalue weighted by Crippen LogP contribution is -2.31. The smallest absolute Gasteiger partial charge is 0.259 e. The molecule has 3 aromatic rings. The minimum atomic E-state index is -0.843. The maximum absolute atomic E-state index is 11.2. The predicted octanol–water partition coefficient (Wildman–Crippen LogP) is 3.66. The first kappa shape index (κ1) is 17.7. The van der Waals surface area contributed by atoms with Gasteiger partial charge in [-0.05, 0) is 36.6 Å². The molecule has 1 saturated heterocycles. The fourth-order valence-corrected chi connectivity index (χ4v) is 3.59. The van der Waals surface area contributed by atoms with Crippen LogP contribution in [-0.2, 0) is 5.60 Å². The number of benzene rings is 1. The second kappa shape index (κ2) is 6.78. The predicted molar refractivity (Wildman–Crippen MR) is 104 cm³/mol. The highest BCUT2D eigenvalue weighted by Gasteiger charge is 2.39. The van der Waals surface area contributed by atoms with E-state index in [1.54, 1.807) is 6.20 Å². The Bertz CT molecular complexity index is 935. The van der Waals surface area contributed by atoms with Crippen molar-refractivity contribution in [1.29, 1.82) is 0 Å². The van der Waals surface area contributed by atoms with E-state index >= 15 is 0 Å². The molecule has 0 radical (unpaired) electrons. The Morgan fingerprint density at radius 1 is 1.19 bits per heavy atom. The average molecular weight is 364 g/mol. The summed E-state index contributed by atoms with van der Waals surface area (Å²) in [5, 5.41) is 15.2. The lowest BCUT2D eigenvalue weighted by atomic mass is 9.89. The first-order valence-electron chi connectivity index (χ1n) is 9.30. The van der Waals surface area contributed by atoms with Crippen LogP contribution in [0.3, 0.4) is 0 Å². The highest BCUT2D eigenvalue weighted by Crippen LogP contribution is 2.35. The minimum absolute atomic E-state index is 0.221. The third-order valence-corrected chi connectivity index (χ3v) is 5.17. The van der Waals surface area contributed by atoms with Crippen LogP contribution in [0.4, 0.5) is 5.82 Å². The van der Waals surface area contributed by atoms with E-state index in [-0.39, 0.29) is 5.92 Å². The highest BCUT2D eigenvalue weighted by molar-refractivity contribution is 5.55. The zero-order chi connectivity index (χ0) is 19.0. The summed E-state index contributed by atoms with van der Waals surface area (Å²) in [6.07, 6.45) is 2.43. The molecule has 140 valence electrons. The van der Waals surface area contributed by atoms with E-state index in [0.717, 1.165) is 29.1 Å². The summed E-state index contributed by atoms with van der Waals surface area (Å²) in [4.78, 5) is 11.1. The largest absolute Gasteiger partial charge is 0.383 e. The van der Waals surface area contributed by atoms with Crippen LogP contribution in [0.2, 0.25) is 0 Å². The molecule has 2 aromatic heterocycles. The first-order valence-corrected chi connectivity index (χ1v) is 9.30. The molecule has 27 heavy (non-hydrogen) atoms. The number of hydrogen-bond acceptors (Lipinski definition) is 6. The summed E-state index contributed by atoms with van der Waals surface area (Å²) in [6, 6.07) is 11.9. The van der Waals surface area contributed by atoms with Gasteiger partial charge in [-0.1, -0.05) is 43.3 Å². The van der Waals surface area contributed by atoms with Gasteiger partial charge in [-0.3, -0.25) is 0 Å². The molecule has 6 nitrogen and oxygen atoms in total. The average Bonchev–Trinajstić information content (AvgIpc) is 3.30. The molecule has 0 spiro atoms. The molecule has 3 heterocycles. The Morgan fingerprint density at radius 2 is 2.00 bits per heavy atom. The van der Waals surface area contributed by atoms with Gasteiger partial charge in [0.05, 0.1) is 12.1 Å². The summed E-state index contributed by atoms with van der Waals surface area (Å²) < 4.78 is 5.33. The Labute approximate surface area is 158 Å². The normalized spacial score (nSPS) is 19.8. The van der Waals surface area contributed by atoms with Gasteiger partial charge >= 0.3 is 0 Å². The number of anilines is 1. The number of aromatic nitrogens is 3. The minimum Gasteiger partial charge on any atom is -0.383 e. The molecule has 1 fully saturated rings. The van der Waals surface area contributed by atoms with E-state index in [1.165, 1.54) is 0 Å². The van der Waals surface area contributed by atoms with Gasteiger partial charge in [0.1, 0.15) is 11.4 Å². The molecule has 4 rings (SSSR count). The summed E-state index contributed by atoms with van der Waals surface area (Å²) in [5.74, 6) is 2.23. The quantitative estimate of drug-likeness (QED) is 0.761. The highest BCUT2D eigenvalue weighted by atomic mass is 16.5. The molecule has 1 atom stereocenters. The van der Waals surface area contributed by atoms with Crippen molar-refractivity contribution in [3.8, 4) is 11.5 Å². The maximum Gasteiger partial charge on any atom is 0.259 e. The zero-order valence-corrected chi connectivity index (χ0v) is 15.9. The fourth-order valence-electron chi connectivity index (χ4n) is 3.59. The molecular formula is C21H24N4O2. The molecule has 0 aliphatic carbocycles. The van der Waals surface area contributed by atoms with Gasteiger partial charge in [0.25, 0.3) is 5.89 Å². The second-order valence-electron chi connectivity index (χ2n) is 7.54. The number of β-amino-alcohol motifs (C(OH)–C–C–N with tert-alkyl or cyclic N) is 1. The Balaban J connectivity index is 1.52. The molecule has 1 aliphatic heterocycles. The van der Waals surface area contributed by atoms with Crippen molar-refractivity contribution in [3.63, 3.8) is 0 Å². The lowest BCUT2D eigenvalue weighted by Gasteiger charge is -2.26. The zero-order valence-electron chi connectivity index (χ0n) is 15.9. The van der Waals surface area contributed by atoms with Crippen molar-refractivity contribution in [1.82, 2.24) is 15.1 Å². The van der Waals surface area contributed by atoms with E-state index < -0.39 is 5.60 Å². The third kappa shape index (κ3) is 3.32. The SMILES string of the molecule is Cc1ccccc1[C@]1(O)CCN(c2ccc(-c3nc(C(C)C)no3)cn2)C1. The molecule has 1 N–H and O–H groups in total. The Kier molecular flexibility index (Phi) is 4.44. The molecule has 1 aromatic carbocycles. The van der Waals surface area contributed by atoms with Crippen LogP contribution in [-0.4, -0.2) is 33.3 Å². The van der Waals surface area contributed by atoms with E-state index in [1.807, 2.05) is 57.2 Å². The summed E-state index contributed by atoms with van der Waals surface area (Å²) in [6.45, 7) is 7.38. The van der Waals surface area contributed by atoms with Gasteiger partial charge < -0.3 is 14.5 Å². The van der Waals surface area contributed by atoms with Crippen molar-refractivity contribution in [2.75, 3.05) is 18.0 Å². The van der Waals surface area contributed by atoms with Gasteiger partial charge in [0.15, 0.2) is 5.82 Å². The number of aryl methyl sites for hydroxylation is 1. The summed E-state index contributed by atoms with van der Waals surface area (Å²) in [5.41, 5.74) is 2.06. The van der Waals surface area contributed by atoms with Crippen LogP contribution < -0.4 is 4.90 Å². The van der Waals surface area contributed by atoms with Crippen LogP contribution in [0.1, 0.15) is 43.1 Å². The molecule has 0 bridgehead atoms. The molecule has 0 unspecified atom stereocenters. The van der Waals surface area contributed by atoms with Crippen molar-refractivity contribution in [3.05, 3.63) is 59.5 Å². The van der Waals surface area contributed by atoms with Crippen LogP contribution in [0.25, 0.3) is 11.5 Å². The molecule has 0 amide bonds. The maximum atomic E-state index is 11.2. The standard InChI is InChI=1S/C21H24N4O2/c1-14(2)19-23-20(27-24-19)16-8-9-18(22-12-16)25-11-10-21(26,13-25)17-7-5-4-6-15(17)3/h4-9,12,14,26H,10-11,13H2,1-3H3/t21-/m0/s1. The van der Waals surface area contributed by atoms with Gasteiger partial charge in [-0.2, -0.15) is 4.98 Å². The van der Waals surface area contributed by atoms with Crippen LogP contribution >= 0.6 is 0 Å². The number of aliphatic hydroxyl groups is 1. The Morgan fingerprint density at radius 3 is 2.67 bits per heavy atom. The molecule has 0 saturated carbocycles. The van der Waals surface area contributed by atoms with E-state index in [0.29, 0.717) is 24.7 Å². The number of rotatable bonds is 4. The fraction of sp³-hybridized carbons (Fsp3) is 0.381. The summed E-state index contributed by atoms with van der Waals surface area (Å²) in [7, 11) is 0. The van der Waals surface area contributed by atoms with Crippen LogP contribution in [0, 0.1) is 6.92 Å².